The third kappa shape index (κ3) is 3.00. The molecule has 1 aromatic carbocycles. The van der Waals surface area contributed by atoms with Gasteiger partial charge in [-0.25, -0.2) is 4.79 Å². The second-order valence-corrected chi connectivity index (χ2v) is 6.10. The van der Waals surface area contributed by atoms with Crippen LogP contribution in [-0.4, -0.2) is 34.7 Å². The minimum atomic E-state index is -2.18. The van der Waals surface area contributed by atoms with Crippen molar-refractivity contribution in [2.75, 3.05) is 7.11 Å². The Balaban J connectivity index is 2.06. The van der Waals surface area contributed by atoms with E-state index < -0.39 is 22.6 Å². The van der Waals surface area contributed by atoms with Gasteiger partial charge in [-0.1, -0.05) is 12.1 Å². The van der Waals surface area contributed by atoms with Crippen LogP contribution in [0.5, 0.6) is 0 Å². The van der Waals surface area contributed by atoms with E-state index in [1.165, 1.54) is 24.3 Å². The number of ketones is 1. The van der Waals surface area contributed by atoms with E-state index in [1.54, 1.807) is 0 Å². The molecule has 2 aliphatic rings. The zero-order valence-electron chi connectivity index (χ0n) is 13.6. The molecule has 25 heavy (non-hydrogen) atoms. The second-order valence-electron chi connectivity index (χ2n) is 6.10. The van der Waals surface area contributed by atoms with Crippen molar-refractivity contribution in [3.8, 4) is 0 Å². The summed E-state index contributed by atoms with van der Waals surface area (Å²) < 4.78 is 10.1. The number of aliphatic hydroxyl groups is 1. The maximum absolute atomic E-state index is 12.4. The molecule has 1 aliphatic heterocycles. The Hall–Kier alpha value is -2.74. The molecule has 0 radical (unpaired) electrons. The van der Waals surface area contributed by atoms with Crippen molar-refractivity contribution < 1.29 is 29.1 Å². The Morgan fingerprint density at radius 2 is 2.04 bits per heavy atom. The lowest BCUT2D eigenvalue weighted by molar-refractivity contribution is -0.384. The van der Waals surface area contributed by atoms with Gasteiger partial charge in [-0.05, 0) is 12.0 Å². The number of benzene rings is 1. The van der Waals surface area contributed by atoms with E-state index >= 15 is 0 Å². The summed E-state index contributed by atoms with van der Waals surface area (Å²) in [5.41, 5.74) is 0.941. The molecule has 2 atom stereocenters. The number of esters is 1. The number of non-ortho nitro benzene ring substituents is 1. The van der Waals surface area contributed by atoms with Crippen LogP contribution in [0.4, 0.5) is 5.69 Å². The van der Waals surface area contributed by atoms with Crippen LogP contribution >= 0.6 is 0 Å². The summed E-state index contributed by atoms with van der Waals surface area (Å²) in [6.07, 6.45) is 1.18. The predicted octanol–water partition coefficient (Wildman–Crippen LogP) is 1.97. The van der Waals surface area contributed by atoms with E-state index in [1.807, 2.05) is 0 Å². The number of nitro benzene ring substituents is 1. The number of carbonyl (C=O) groups excluding carboxylic acids is 2. The van der Waals surface area contributed by atoms with Gasteiger partial charge in [-0.2, -0.15) is 0 Å². The first-order valence-electron chi connectivity index (χ1n) is 7.86. The van der Waals surface area contributed by atoms with Crippen LogP contribution in [0, 0.1) is 10.1 Å². The van der Waals surface area contributed by atoms with Crippen molar-refractivity contribution >= 4 is 17.4 Å². The Morgan fingerprint density at radius 1 is 1.36 bits per heavy atom. The number of hydrogen-bond acceptors (Lipinski definition) is 7. The van der Waals surface area contributed by atoms with Crippen molar-refractivity contribution in [1.82, 2.24) is 0 Å². The quantitative estimate of drug-likeness (QED) is 0.505. The summed E-state index contributed by atoms with van der Waals surface area (Å²) in [7, 11) is 1.14. The van der Waals surface area contributed by atoms with E-state index in [9.17, 15) is 24.8 Å². The SMILES string of the molecule is COC(=O)C1(O)CC(c2ccc([N+](=O)[O-])cc2)C2=C(CCCC2=O)O1. The van der Waals surface area contributed by atoms with Crippen LogP contribution < -0.4 is 0 Å². The Kier molecular flexibility index (Phi) is 4.30. The van der Waals surface area contributed by atoms with Gasteiger partial charge in [0.1, 0.15) is 5.76 Å². The maximum Gasteiger partial charge on any atom is 0.379 e. The standard InChI is InChI=1S/C17H17NO7/c1-24-16(20)17(21)9-12(10-5-7-11(8-6-10)18(22)23)15-13(19)3-2-4-14(15)25-17/h5-8,12,21H,2-4,9H2,1H3. The molecule has 132 valence electrons. The molecule has 8 heteroatoms. The van der Waals surface area contributed by atoms with Crippen LogP contribution in [0.1, 0.15) is 37.2 Å². The van der Waals surface area contributed by atoms with Crippen LogP contribution in [0.25, 0.3) is 0 Å². The molecule has 0 aromatic heterocycles. The van der Waals surface area contributed by atoms with Gasteiger partial charge in [0.2, 0.25) is 0 Å². The molecule has 0 fully saturated rings. The zero-order chi connectivity index (χ0) is 18.2. The average Bonchev–Trinajstić information content (AvgIpc) is 2.60. The maximum atomic E-state index is 12.4. The number of Topliss-reactive ketones (excluding diaryl/α,β-unsaturated/α-hetero) is 1. The third-order valence-electron chi connectivity index (χ3n) is 4.54. The summed E-state index contributed by atoms with van der Waals surface area (Å²) in [5, 5.41) is 21.4. The van der Waals surface area contributed by atoms with E-state index in [4.69, 9.17) is 4.74 Å². The minimum Gasteiger partial charge on any atom is -0.464 e. The lowest BCUT2D eigenvalue weighted by Gasteiger charge is -2.39. The average molecular weight is 347 g/mol. The normalized spacial score (nSPS) is 25.8. The summed E-state index contributed by atoms with van der Waals surface area (Å²) in [5.74, 6) is -3.53. The van der Waals surface area contributed by atoms with E-state index in [-0.39, 0.29) is 17.9 Å². The van der Waals surface area contributed by atoms with Gasteiger partial charge in [0.25, 0.3) is 5.69 Å². The van der Waals surface area contributed by atoms with Crippen molar-refractivity contribution in [3.63, 3.8) is 0 Å². The van der Waals surface area contributed by atoms with Gasteiger partial charge in [0.15, 0.2) is 5.78 Å². The molecular weight excluding hydrogens is 330 g/mol. The fourth-order valence-electron chi connectivity index (χ4n) is 3.35. The number of nitrogens with zero attached hydrogens (tertiary/aromatic N) is 1. The summed E-state index contributed by atoms with van der Waals surface area (Å²) in [4.78, 5) is 34.7. The molecule has 0 saturated heterocycles. The van der Waals surface area contributed by atoms with Gasteiger partial charge < -0.3 is 14.6 Å². The van der Waals surface area contributed by atoms with E-state index in [0.717, 1.165) is 7.11 Å². The number of rotatable bonds is 3. The van der Waals surface area contributed by atoms with Crippen LogP contribution in [0.2, 0.25) is 0 Å². The van der Waals surface area contributed by atoms with Crippen LogP contribution in [0.3, 0.4) is 0 Å². The van der Waals surface area contributed by atoms with Crippen LogP contribution in [0.15, 0.2) is 35.6 Å². The molecule has 1 aliphatic carbocycles. The van der Waals surface area contributed by atoms with Crippen LogP contribution in [-0.2, 0) is 19.1 Å². The highest BCUT2D eigenvalue weighted by Crippen LogP contribution is 2.45. The largest absolute Gasteiger partial charge is 0.464 e. The fourth-order valence-corrected chi connectivity index (χ4v) is 3.35. The number of ether oxygens (including phenoxy) is 2. The minimum absolute atomic E-state index is 0.0804. The first kappa shape index (κ1) is 17.1. The monoisotopic (exact) mass is 347 g/mol. The molecule has 1 heterocycles. The van der Waals surface area contributed by atoms with Crippen molar-refractivity contribution in [1.29, 1.82) is 0 Å². The first-order chi connectivity index (χ1) is 11.9. The number of methoxy groups -OCH3 is 1. The second kappa shape index (κ2) is 6.29. The molecule has 1 N–H and O–H groups in total. The van der Waals surface area contributed by atoms with Gasteiger partial charge in [0.05, 0.1) is 12.0 Å². The van der Waals surface area contributed by atoms with Gasteiger partial charge in [-0.15, -0.1) is 0 Å². The lowest BCUT2D eigenvalue weighted by atomic mass is 9.77. The van der Waals surface area contributed by atoms with Crippen molar-refractivity contribution in [3.05, 3.63) is 51.3 Å². The predicted molar refractivity (Wildman–Crippen MR) is 84.4 cm³/mol. The molecule has 1 aromatic rings. The zero-order valence-corrected chi connectivity index (χ0v) is 13.6. The molecule has 3 rings (SSSR count). The van der Waals surface area contributed by atoms with E-state index in [2.05, 4.69) is 4.74 Å². The molecule has 0 bridgehead atoms. The molecule has 8 nitrogen and oxygen atoms in total. The van der Waals surface area contributed by atoms with Crippen molar-refractivity contribution in [2.45, 2.75) is 37.4 Å². The molecule has 0 amide bonds. The number of nitro groups is 1. The highest BCUT2D eigenvalue weighted by molar-refractivity contribution is 5.98. The third-order valence-corrected chi connectivity index (χ3v) is 4.54. The summed E-state index contributed by atoms with van der Waals surface area (Å²) in [6.45, 7) is 0. The lowest BCUT2D eigenvalue weighted by Crippen LogP contribution is -2.47. The number of allylic oxidation sites excluding steroid dienone is 2. The summed E-state index contributed by atoms with van der Waals surface area (Å²) >= 11 is 0. The highest BCUT2D eigenvalue weighted by Gasteiger charge is 2.50. The Morgan fingerprint density at radius 3 is 2.64 bits per heavy atom. The van der Waals surface area contributed by atoms with Crippen molar-refractivity contribution in [2.24, 2.45) is 0 Å². The van der Waals surface area contributed by atoms with Gasteiger partial charge in [-0.3, -0.25) is 14.9 Å². The summed E-state index contributed by atoms with van der Waals surface area (Å²) in [6, 6.07) is 5.71. The Bertz CT molecular complexity index is 768. The molecule has 0 saturated carbocycles. The fraction of sp³-hybridized carbons (Fsp3) is 0.412. The Labute approximate surface area is 143 Å². The van der Waals surface area contributed by atoms with E-state index in [0.29, 0.717) is 36.2 Å². The molecule has 0 spiro atoms. The first-order valence-corrected chi connectivity index (χ1v) is 7.86. The smallest absolute Gasteiger partial charge is 0.379 e. The molecule has 2 unspecified atom stereocenters. The molecular formula is C17H17NO7. The number of hydrogen-bond donors (Lipinski definition) is 1. The van der Waals surface area contributed by atoms with Gasteiger partial charge >= 0.3 is 11.8 Å². The highest BCUT2D eigenvalue weighted by atomic mass is 16.7. The number of carbonyl (C=O) groups is 2. The van der Waals surface area contributed by atoms with Gasteiger partial charge in [0, 0.05) is 42.9 Å². The topological polar surface area (TPSA) is 116 Å².